The Morgan fingerprint density at radius 1 is 1.30 bits per heavy atom. The largest absolute Gasteiger partial charge is 0.355 e. The van der Waals surface area contributed by atoms with E-state index in [0.717, 1.165) is 31.6 Å². The van der Waals surface area contributed by atoms with E-state index in [-0.39, 0.29) is 0 Å². The Morgan fingerprint density at radius 3 is 2.55 bits per heavy atom. The molecule has 0 amide bonds. The van der Waals surface area contributed by atoms with Gasteiger partial charge in [-0.25, -0.2) is 13.1 Å². The van der Waals surface area contributed by atoms with Gasteiger partial charge in [0, 0.05) is 33.7 Å². The Morgan fingerprint density at radius 2 is 2.00 bits per heavy atom. The fraction of sp³-hybridized carbons (Fsp3) is 0.769. The van der Waals surface area contributed by atoms with E-state index in [1.807, 2.05) is 18.0 Å². The second-order valence-electron chi connectivity index (χ2n) is 4.70. The van der Waals surface area contributed by atoms with Crippen LogP contribution in [0.25, 0.3) is 0 Å². The molecule has 0 spiro atoms. The Kier molecular flexibility index (Phi) is 10.1. The van der Waals surface area contributed by atoms with Crippen molar-refractivity contribution >= 4 is 16.0 Å². The molecule has 0 unspecified atom stereocenters. The van der Waals surface area contributed by atoms with E-state index in [9.17, 15) is 8.42 Å². The van der Waals surface area contributed by atoms with E-state index < -0.39 is 10.0 Å². The van der Waals surface area contributed by atoms with Gasteiger partial charge in [0.05, 0.1) is 6.26 Å². The number of aliphatic imine (C=N–C) groups is 1. The summed E-state index contributed by atoms with van der Waals surface area (Å²) in [5.41, 5.74) is 0. The number of guanidine groups is 1. The third kappa shape index (κ3) is 10.8. The minimum absolute atomic E-state index is 0.352. The minimum atomic E-state index is -3.12. The molecule has 0 aliphatic carbocycles. The Hall–Kier alpha value is -1.08. The number of allylic oxidation sites excluding steroid dienone is 1. The predicted molar refractivity (Wildman–Crippen MR) is 85.5 cm³/mol. The van der Waals surface area contributed by atoms with Crippen LogP contribution in [0, 0.1) is 0 Å². The maximum atomic E-state index is 10.9. The first-order chi connectivity index (χ1) is 9.40. The summed E-state index contributed by atoms with van der Waals surface area (Å²) in [5.74, 6) is 0.782. The van der Waals surface area contributed by atoms with E-state index in [0.29, 0.717) is 13.1 Å². The highest BCUT2D eigenvalue weighted by Crippen LogP contribution is 2.01. The molecule has 0 rings (SSSR count). The smallest absolute Gasteiger partial charge is 0.208 e. The summed E-state index contributed by atoms with van der Waals surface area (Å²) in [6, 6.07) is 0. The van der Waals surface area contributed by atoms with Crippen molar-refractivity contribution in [3.05, 3.63) is 12.7 Å². The highest BCUT2D eigenvalue weighted by molar-refractivity contribution is 7.88. The maximum Gasteiger partial charge on any atom is 0.208 e. The Bertz CT molecular complexity index is 393. The van der Waals surface area contributed by atoms with E-state index in [1.165, 1.54) is 12.8 Å². The van der Waals surface area contributed by atoms with Crippen molar-refractivity contribution < 1.29 is 8.42 Å². The lowest BCUT2D eigenvalue weighted by Crippen LogP contribution is -2.42. The van der Waals surface area contributed by atoms with Crippen LogP contribution < -0.4 is 10.0 Å². The number of sulfonamides is 1. The lowest BCUT2D eigenvalue weighted by atomic mass is 10.2. The standard InChI is InChI=1S/C13H28N4O2S/c1-5-6-7-8-9-12-17(3)13(14-2)15-10-11-16-20(4,18)19/h5,16H,1,6-12H2,2-4H3,(H,14,15). The van der Waals surface area contributed by atoms with Crippen LogP contribution >= 0.6 is 0 Å². The third-order valence-corrected chi connectivity index (χ3v) is 3.48. The van der Waals surface area contributed by atoms with Gasteiger partial charge >= 0.3 is 0 Å². The van der Waals surface area contributed by atoms with Crippen LogP contribution in [-0.2, 0) is 10.0 Å². The molecule has 0 aliphatic rings. The van der Waals surface area contributed by atoms with E-state index in [4.69, 9.17) is 0 Å². The first-order valence-corrected chi connectivity index (χ1v) is 8.77. The van der Waals surface area contributed by atoms with Gasteiger partial charge in [0.2, 0.25) is 10.0 Å². The predicted octanol–water partition coefficient (Wildman–Crippen LogP) is 0.789. The van der Waals surface area contributed by atoms with Crippen LogP contribution in [0.2, 0.25) is 0 Å². The van der Waals surface area contributed by atoms with Crippen molar-refractivity contribution in [1.82, 2.24) is 14.9 Å². The van der Waals surface area contributed by atoms with Gasteiger partial charge in [-0.15, -0.1) is 6.58 Å². The first-order valence-electron chi connectivity index (χ1n) is 6.88. The summed E-state index contributed by atoms with van der Waals surface area (Å²) in [6.07, 6.45) is 7.60. The monoisotopic (exact) mass is 304 g/mol. The normalized spacial score (nSPS) is 12.2. The van der Waals surface area contributed by atoms with Gasteiger partial charge in [0.1, 0.15) is 0 Å². The molecule has 2 N–H and O–H groups in total. The van der Waals surface area contributed by atoms with Crippen molar-refractivity contribution in [3.8, 4) is 0 Å². The first kappa shape index (κ1) is 18.9. The van der Waals surface area contributed by atoms with Crippen LogP contribution in [0.3, 0.4) is 0 Å². The molecular formula is C13H28N4O2S. The minimum Gasteiger partial charge on any atom is -0.355 e. The lowest BCUT2D eigenvalue weighted by Gasteiger charge is -2.22. The topological polar surface area (TPSA) is 73.8 Å². The zero-order chi connectivity index (χ0) is 15.4. The quantitative estimate of drug-likeness (QED) is 0.271. The molecule has 0 aromatic carbocycles. The number of nitrogens with zero attached hydrogens (tertiary/aromatic N) is 2. The SMILES string of the molecule is C=CCCCCCN(C)C(=NC)NCCNS(C)(=O)=O. The highest BCUT2D eigenvalue weighted by atomic mass is 32.2. The molecule has 0 bridgehead atoms. The van der Waals surface area contributed by atoms with Gasteiger partial charge in [-0.1, -0.05) is 12.5 Å². The molecule has 0 fully saturated rings. The molecule has 0 aliphatic heterocycles. The molecule has 118 valence electrons. The summed E-state index contributed by atoms with van der Waals surface area (Å²) in [7, 11) is 0.578. The molecule has 0 aromatic heterocycles. The third-order valence-electron chi connectivity index (χ3n) is 2.75. The molecule has 0 atom stereocenters. The van der Waals surface area contributed by atoms with Crippen molar-refractivity contribution in [3.63, 3.8) is 0 Å². The highest BCUT2D eigenvalue weighted by Gasteiger charge is 2.05. The zero-order valence-corrected chi connectivity index (χ0v) is 13.7. The molecule has 0 saturated carbocycles. The van der Waals surface area contributed by atoms with E-state index >= 15 is 0 Å². The maximum absolute atomic E-state index is 10.9. The van der Waals surface area contributed by atoms with Crippen LogP contribution in [0.5, 0.6) is 0 Å². The summed E-state index contributed by atoms with van der Waals surface area (Å²) in [4.78, 5) is 6.23. The van der Waals surface area contributed by atoms with Gasteiger partial charge < -0.3 is 10.2 Å². The van der Waals surface area contributed by atoms with E-state index in [1.54, 1.807) is 7.05 Å². The van der Waals surface area contributed by atoms with Crippen molar-refractivity contribution in [2.24, 2.45) is 4.99 Å². The van der Waals surface area contributed by atoms with Gasteiger partial charge in [-0.2, -0.15) is 0 Å². The molecule has 6 nitrogen and oxygen atoms in total. The number of nitrogens with one attached hydrogen (secondary N) is 2. The second-order valence-corrected chi connectivity index (χ2v) is 6.53. The Labute approximate surface area is 123 Å². The van der Waals surface area contributed by atoms with Gasteiger partial charge in [0.25, 0.3) is 0 Å². The summed E-state index contributed by atoms with van der Waals surface area (Å²) in [6.45, 7) is 5.50. The van der Waals surface area contributed by atoms with Crippen LogP contribution in [0.4, 0.5) is 0 Å². The number of rotatable bonds is 10. The molecule has 0 radical (unpaired) electrons. The summed E-state index contributed by atoms with van der Waals surface area (Å²) in [5, 5.41) is 3.13. The zero-order valence-electron chi connectivity index (χ0n) is 12.9. The van der Waals surface area contributed by atoms with Crippen molar-refractivity contribution in [2.45, 2.75) is 25.7 Å². The summed E-state index contributed by atoms with van der Waals surface area (Å²) < 4.78 is 24.3. The fourth-order valence-electron chi connectivity index (χ4n) is 1.72. The average Bonchev–Trinajstić information content (AvgIpc) is 2.37. The second kappa shape index (κ2) is 10.7. The number of hydrogen-bond donors (Lipinski definition) is 2. The number of hydrogen-bond acceptors (Lipinski definition) is 3. The molecular weight excluding hydrogens is 276 g/mol. The molecule has 0 aromatic rings. The number of unbranched alkanes of at least 4 members (excludes halogenated alkanes) is 3. The fourth-order valence-corrected chi connectivity index (χ4v) is 2.19. The molecule has 0 saturated heterocycles. The van der Waals surface area contributed by atoms with Crippen molar-refractivity contribution in [2.75, 3.05) is 40.0 Å². The molecule has 7 heteroatoms. The summed E-state index contributed by atoms with van der Waals surface area (Å²) >= 11 is 0. The Balaban J connectivity index is 3.86. The van der Waals surface area contributed by atoms with E-state index in [2.05, 4.69) is 21.6 Å². The van der Waals surface area contributed by atoms with Gasteiger partial charge in [-0.3, -0.25) is 4.99 Å². The van der Waals surface area contributed by atoms with Crippen LogP contribution in [0.15, 0.2) is 17.6 Å². The lowest BCUT2D eigenvalue weighted by molar-refractivity contribution is 0.455. The van der Waals surface area contributed by atoms with Gasteiger partial charge in [-0.05, 0) is 19.3 Å². The van der Waals surface area contributed by atoms with Crippen molar-refractivity contribution in [1.29, 1.82) is 0 Å². The molecule has 20 heavy (non-hydrogen) atoms. The van der Waals surface area contributed by atoms with Gasteiger partial charge in [0.15, 0.2) is 5.96 Å². The molecule has 0 heterocycles. The van der Waals surface area contributed by atoms with Crippen LogP contribution in [0.1, 0.15) is 25.7 Å². The van der Waals surface area contributed by atoms with Crippen LogP contribution in [-0.4, -0.2) is 59.3 Å². The average molecular weight is 304 g/mol.